The summed E-state index contributed by atoms with van der Waals surface area (Å²) in [6, 6.07) is 0. The van der Waals surface area contributed by atoms with E-state index in [9.17, 15) is 10.0 Å². The third kappa shape index (κ3) is 15.6. The van der Waals surface area contributed by atoms with Crippen LogP contribution in [0.4, 0.5) is 0 Å². The number of hydrogen-bond donors (Lipinski definition) is 1. The number of nitrogens with one attached hydrogen (secondary N) is 1. The normalized spacial score (nSPS) is 11.0. The molecule has 0 heterocycles. The minimum Gasteiger partial charge on any atom is -0.767 e. The van der Waals surface area contributed by atoms with Crippen molar-refractivity contribution in [2.75, 3.05) is 6.54 Å². The molecule has 0 rings (SSSR count). The Morgan fingerprint density at radius 3 is 1.76 bits per heavy atom. The topological polar surface area (TPSA) is 55.4 Å². The van der Waals surface area contributed by atoms with Gasteiger partial charge in [0.2, 0.25) is 5.91 Å². The summed E-state index contributed by atoms with van der Waals surface area (Å²) in [6.45, 7) is 4.53. The van der Waals surface area contributed by atoms with E-state index < -0.39 is 0 Å². The number of carbonyl (C=O) groups is 1. The summed E-state index contributed by atoms with van der Waals surface area (Å²) in [6.07, 6.45) is 15.2. The summed E-state index contributed by atoms with van der Waals surface area (Å²) < 4.78 is 0. The average molecular weight is 299 g/mol. The Morgan fingerprint density at radius 1 is 0.810 bits per heavy atom. The quantitative estimate of drug-likeness (QED) is 0.344. The van der Waals surface area contributed by atoms with Gasteiger partial charge in [0, 0.05) is 13.0 Å². The largest absolute Gasteiger partial charge is 0.767 e. The maximum atomic E-state index is 11.4. The van der Waals surface area contributed by atoms with Gasteiger partial charge in [0.05, 0.1) is 0 Å². The maximum Gasteiger partial charge on any atom is 0.233 e. The first-order valence-corrected chi connectivity index (χ1v) is 8.94. The van der Waals surface area contributed by atoms with E-state index in [4.69, 9.17) is 0 Å². The molecule has 0 aromatic rings. The standard InChI is InChI=1S/C17H35N2O2/c1-3-5-6-7-8-9-10-11-12-13-14-15-17(20)18-19(21)16-4-2/h3-16H2,1-2H3,(H,18,20)/q-1. The Hall–Kier alpha value is -0.610. The molecule has 0 aliphatic rings. The van der Waals surface area contributed by atoms with E-state index in [-0.39, 0.29) is 5.91 Å². The van der Waals surface area contributed by atoms with Crippen LogP contribution in [0.25, 0.3) is 0 Å². The Kier molecular flexibility index (Phi) is 15.3. The molecule has 0 radical (unpaired) electrons. The summed E-state index contributed by atoms with van der Waals surface area (Å²) in [5.41, 5.74) is 2.36. The number of rotatable bonds is 15. The van der Waals surface area contributed by atoms with Gasteiger partial charge in [-0.25, -0.2) is 0 Å². The SMILES string of the molecule is CCCCCCCCCCCCCC(=O)NN([O-])CCC. The van der Waals surface area contributed by atoms with Crippen LogP contribution in [-0.2, 0) is 4.79 Å². The first-order chi connectivity index (χ1) is 10.2. The highest BCUT2D eigenvalue weighted by molar-refractivity contribution is 5.75. The molecule has 0 atom stereocenters. The molecule has 0 aromatic carbocycles. The predicted molar refractivity (Wildman–Crippen MR) is 89.6 cm³/mol. The van der Waals surface area contributed by atoms with Gasteiger partial charge in [0.15, 0.2) is 0 Å². The van der Waals surface area contributed by atoms with Crippen LogP contribution in [0.5, 0.6) is 0 Å². The average Bonchev–Trinajstić information content (AvgIpc) is 2.45. The molecule has 0 aromatic heterocycles. The minimum atomic E-state index is -0.144. The van der Waals surface area contributed by atoms with E-state index in [1.54, 1.807) is 0 Å². The summed E-state index contributed by atoms with van der Waals surface area (Å²) in [5, 5.41) is 11.8. The number of hydrogen-bond acceptors (Lipinski definition) is 3. The van der Waals surface area contributed by atoms with Crippen LogP contribution < -0.4 is 5.43 Å². The van der Waals surface area contributed by atoms with Crippen LogP contribution >= 0.6 is 0 Å². The number of hydrazine groups is 1. The predicted octanol–water partition coefficient (Wildman–Crippen LogP) is 4.93. The maximum absolute atomic E-state index is 11.4. The van der Waals surface area contributed by atoms with Gasteiger partial charge in [0.1, 0.15) is 0 Å². The molecule has 0 fully saturated rings. The molecule has 4 heteroatoms. The molecule has 0 unspecified atom stereocenters. The summed E-state index contributed by atoms with van der Waals surface area (Å²) in [7, 11) is 0. The highest BCUT2D eigenvalue weighted by atomic mass is 16.5. The lowest BCUT2D eigenvalue weighted by Crippen LogP contribution is -2.38. The van der Waals surface area contributed by atoms with Crippen LogP contribution in [0.1, 0.15) is 97.3 Å². The van der Waals surface area contributed by atoms with Crippen molar-refractivity contribution in [3.63, 3.8) is 0 Å². The van der Waals surface area contributed by atoms with Gasteiger partial charge in [-0.2, -0.15) is 0 Å². The third-order valence-corrected chi connectivity index (χ3v) is 3.68. The third-order valence-electron chi connectivity index (χ3n) is 3.68. The summed E-state index contributed by atoms with van der Waals surface area (Å²) in [5.74, 6) is -0.144. The minimum absolute atomic E-state index is 0.144. The smallest absolute Gasteiger partial charge is 0.233 e. The zero-order valence-corrected chi connectivity index (χ0v) is 14.2. The molecule has 0 saturated carbocycles. The van der Waals surface area contributed by atoms with E-state index in [1.807, 2.05) is 6.92 Å². The Balaban J connectivity index is 3.19. The van der Waals surface area contributed by atoms with Crippen LogP contribution in [0, 0.1) is 5.21 Å². The first-order valence-electron chi connectivity index (χ1n) is 8.94. The molecular weight excluding hydrogens is 264 g/mol. The van der Waals surface area contributed by atoms with Crippen molar-refractivity contribution in [3.05, 3.63) is 5.21 Å². The van der Waals surface area contributed by atoms with Gasteiger partial charge in [-0.1, -0.05) is 78.1 Å². The first kappa shape index (κ1) is 20.4. The lowest BCUT2D eigenvalue weighted by atomic mass is 10.1. The lowest BCUT2D eigenvalue weighted by Gasteiger charge is -2.27. The Bertz CT molecular complexity index is 235. The van der Waals surface area contributed by atoms with Crippen LogP contribution in [0.2, 0.25) is 0 Å². The molecule has 0 bridgehead atoms. The zero-order chi connectivity index (χ0) is 15.8. The van der Waals surface area contributed by atoms with Gasteiger partial charge in [-0.15, -0.1) is 0 Å². The highest BCUT2D eigenvalue weighted by Crippen LogP contribution is 2.11. The summed E-state index contributed by atoms with van der Waals surface area (Å²) >= 11 is 0. The lowest BCUT2D eigenvalue weighted by molar-refractivity contribution is -0.124. The van der Waals surface area contributed by atoms with Gasteiger partial charge in [-0.3, -0.25) is 9.97 Å². The van der Waals surface area contributed by atoms with Crippen LogP contribution in [0.15, 0.2) is 0 Å². The number of amides is 1. The summed E-state index contributed by atoms with van der Waals surface area (Å²) in [4.78, 5) is 11.4. The van der Waals surface area contributed by atoms with Crippen molar-refractivity contribution < 1.29 is 4.79 Å². The number of nitrogens with zero attached hydrogens (tertiary/aromatic N) is 1. The molecule has 0 aliphatic heterocycles. The van der Waals surface area contributed by atoms with E-state index in [0.29, 0.717) is 18.1 Å². The monoisotopic (exact) mass is 299 g/mol. The van der Waals surface area contributed by atoms with Crippen molar-refractivity contribution in [2.24, 2.45) is 0 Å². The van der Waals surface area contributed by atoms with Crippen molar-refractivity contribution in [3.8, 4) is 0 Å². The fraction of sp³-hybridized carbons (Fsp3) is 0.941. The van der Waals surface area contributed by atoms with Crippen molar-refractivity contribution in [1.82, 2.24) is 10.6 Å². The number of unbranched alkanes of at least 4 members (excludes halogenated alkanes) is 10. The van der Waals surface area contributed by atoms with Gasteiger partial charge >= 0.3 is 0 Å². The molecule has 1 N–H and O–H groups in total. The second-order valence-electron chi connectivity index (χ2n) is 5.92. The van der Waals surface area contributed by atoms with E-state index in [0.717, 1.165) is 19.3 Å². The van der Waals surface area contributed by atoms with E-state index in [1.165, 1.54) is 57.8 Å². The molecule has 0 saturated heterocycles. The number of hydroxylamine groups is 1. The number of carbonyl (C=O) groups excluding carboxylic acids is 1. The molecule has 0 spiro atoms. The van der Waals surface area contributed by atoms with E-state index in [2.05, 4.69) is 12.3 Å². The van der Waals surface area contributed by atoms with Gasteiger partial charge < -0.3 is 10.6 Å². The molecule has 0 aliphatic carbocycles. The molecule has 21 heavy (non-hydrogen) atoms. The zero-order valence-electron chi connectivity index (χ0n) is 14.2. The van der Waals surface area contributed by atoms with Crippen molar-refractivity contribution in [1.29, 1.82) is 0 Å². The molecule has 4 nitrogen and oxygen atoms in total. The van der Waals surface area contributed by atoms with Gasteiger partial charge in [-0.05, 0) is 12.8 Å². The Morgan fingerprint density at radius 2 is 1.29 bits per heavy atom. The van der Waals surface area contributed by atoms with Gasteiger partial charge in [0.25, 0.3) is 0 Å². The van der Waals surface area contributed by atoms with Crippen LogP contribution in [-0.4, -0.2) is 17.6 Å². The second-order valence-corrected chi connectivity index (χ2v) is 5.92. The van der Waals surface area contributed by atoms with E-state index >= 15 is 0 Å². The van der Waals surface area contributed by atoms with Crippen LogP contribution in [0.3, 0.4) is 0 Å². The highest BCUT2D eigenvalue weighted by Gasteiger charge is 2.01. The Labute approximate surface area is 131 Å². The fourth-order valence-corrected chi connectivity index (χ4v) is 2.40. The molecule has 126 valence electrons. The second kappa shape index (κ2) is 15.8. The fourth-order valence-electron chi connectivity index (χ4n) is 2.40. The molecular formula is C17H35N2O2-. The van der Waals surface area contributed by atoms with Crippen molar-refractivity contribution in [2.45, 2.75) is 97.3 Å². The van der Waals surface area contributed by atoms with Crippen molar-refractivity contribution >= 4 is 5.91 Å². The molecule has 1 amide bonds.